The molecule has 0 amide bonds. The second-order valence-corrected chi connectivity index (χ2v) is 6.33. The number of hydrogen-bond donors (Lipinski definition) is 2. The van der Waals surface area contributed by atoms with Gasteiger partial charge in [-0.15, -0.1) is 0 Å². The number of aromatic amines is 1. The van der Waals surface area contributed by atoms with Crippen molar-refractivity contribution in [3.05, 3.63) is 20.7 Å². The van der Waals surface area contributed by atoms with E-state index in [4.69, 9.17) is 12.2 Å². The first-order valence-electron chi connectivity index (χ1n) is 8.41. The second kappa shape index (κ2) is 8.98. The third-order valence-electron chi connectivity index (χ3n) is 4.16. The molecular weight excluding hydrogens is 312 g/mol. The van der Waals surface area contributed by atoms with Crippen LogP contribution in [0.3, 0.4) is 0 Å². The first-order valence-corrected chi connectivity index (χ1v) is 8.82. The van der Waals surface area contributed by atoms with E-state index in [2.05, 4.69) is 21.8 Å². The Labute approximate surface area is 141 Å². The Bertz CT molecular complexity index is 644. The lowest BCUT2D eigenvalue weighted by Crippen LogP contribution is -2.31. The van der Waals surface area contributed by atoms with Crippen LogP contribution >= 0.6 is 12.2 Å². The van der Waals surface area contributed by atoms with Crippen molar-refractivity contribution >= 4 is 18.4 Å². The van der Waals surface area contributed by atoms with Crippen LogP contribution in [0.25, 0.3) is 0 Å². The largest absolute Gasteiger partial charge is 0.494 e. The van der Waals surface area contributed by atoms with Crippen molar-refractivity contribution in [1.29, 1.82) is 0 Å². The van der Waals surface area contributed by atoms with Gasteiger partial charge >= 0.3 is 0 Å². The van der Waals surface area contributed by atoms with Crippen molar-refractivity contribution in [1.82, 2.24) is 14.5 Å². The summed E-state index contributed by atoms with van der Waals surface area (Å²) in [5.41, 5.74) is -0.199. The van der Waals surface area contributed by atoms with E-state index in [1.165, 1.54) is 25.5 Å². The predicted octanol–water partition coefficient (Wildman–Crippen LogP) is 2.32. The summed E-state index contributed by atoms with van der Waals surface area (Å²) in [6.45, 7) is 6.43. The average molecular weight is 338 g/mol. The van der Waals surface area contributed by atoms with Crippen LogP contribution in [-0.2, 0) is 6.54 Å². The van der Waals surface area contributed by atoms with Crippen molar-refractivity contribution in [2.75, 3.05) is 26.2 Å². The minimum atomic E-state index is -0.387. The third kappa shape index (κ3) is 5.00. The highest BCUT2D eigenvalue weighted by molar-refractivity contribution is 7.71. The zero-order valence-electron chi connectivity index (χ0n) is 13.8. The highest BCUT2D eigenvalue weighted by Gasteiger charge is 2.11. The lowest BCUT2D eigenvalue weighted by molar-refractivity contribution is 0.235. The monoisotopic (exact) mass is 338 g/mol. The van der Waals surface area contributed by atoms with E-state index < -0.39 is 0 Å². The van der Waals surface area contributed by atoms with E-state index in [9.17, 15) is 9.90 Å². The topological polar surface area (TPSA) is 73.6 Å². The Kier molecular flexibility index (Phi) is 6.98. The summed E-state index contributed by atoms with van der Waals surface area (Å²) in [5, 5.41) is 10.3. The molecule has 2 rings (SSSR count). The number of likely N-dealkylation sites (tertiary alicyclic amines) is 1. The predicted molar refractivity (Wildman–Crippen MR) is 95.2 cm³/mol. The molecule has 0 aliphatic carbocycles. The molecule has 23 heavy (non-hydrogen) atoms. The number of aromatic nitrogens is 2. The standard InChI is InChI=1S/C16H26N4O2S/c1-2-3-10-20-15(22)13(14(21)18-16(20)23)12-17-7-11-19-8-5-4-6-9-19/h12,22H,2-11H2,1H3,(H,18,21,23). The molecule has 0 unspecified atom stereocenters. The number of hydrogen-bond acceptors (Lipinski definition) is 5. The van der Waals surface area contributed by atoms with Gasteiger partial charge in [-0.3, -0.25) is 19.3 Å². The van der Waals surface area contributed by atoms with Crippen molar-refractivity contribution < 1.29 is 5.11 Å². The summed E-state index contributed by atoms with van der Waals surface area (Å²) in [7, 11) is 0. The van der Waals surface area contributed by atoms with Crippen molar-refractivity contribution in [2.24, 2.45) is 4.99 Å². The number of nitrogens with one attached hydrogen (secondary N) is 1. The number of aliphatic imine (C=N–C) groups is 1. The van der Waals surface area contributed by atoms with Gasteiger partial charge in [0.1, 0.15) is 5.56 Å². The van der Waals surface area contributed by atoms with Crippen LogP contribution in [0.4, 0.5) is 0 Å². The smallest absolute Gasteiger partial charge is 0.264 e. The van der Waals surface area contributed by atoms with Gasteiger partial charge in [0.2, 0.25) is 5.88 Å². The summed E-state index contributed by atoms with van der Waals surface area (Å²) < 4.78 is 1.82. The molecule has 0 aromatic carbocycles. The molecule has 1 aromatic heterocycles. The maximum Gasteiger partial charge on any atom is 0.264 e. The summed E-state index contributed by atoms with van der Waals surface area (Å²) in [5.74, 6) is -0.0890. The Balaban J connectivity index is 2.04. The molecule has 0 saturated carbocycles. The Hall–Kier alpha value is -1.47. The molecule has 0 spiro atoms. The minimum absolute atomic E-state index is 0.0890. The van der Waals surface area contributed by atoms with Crippen LogP contribution in [0.15, 0.2) is 9.79 Å². The SMILES string of the molecule is CCCCn1c(O)c(C=NCCN2CCCCC2)c(=O)[nH]c1=S. The van der Waals surface area contributed by atoms with Crippen LogP contribution in [0.1, 0.15) is 44.6 Å². The number of aromatic hydroxyl groups is 1. The van der Waals surface area contributed by atoms with Gasteiger partial charge in [-0.1, -0.05) is 19.8 Å². The van der Waals surface area contributed by atoms with E-state index in [1.54, 1.807) is 4.57 Å². The molecule has 0 atom stereocenters. The van der Waals surface area contributed by atoms with Crippen LogP contribution in [-0.4, -0.2) is 52.0 Å². The summed E-state index contributed by atoms with van der Waals surface area (Å²) in [4.78, 5) is 21.3. The number of unbranched alkanes of at least 4 members (excludes halogenated alkanes) is 1. The average Bonchev–Trinajstić information content (AvgIpc) is 2.54. The number of H-pyrrole nitrogens is 1. The van der Waals surface area contributed by atoms with E-state index in [1.807, 2.05) is 0 Å². The van der Waals surface area contributed by atoms with Gasteiger partial charge in [0.25, 0.3) is 5.56 Å². The van der Waals surface area contributed by atoms with Crippen LogP contribution < -0.4 is 5.56 Å². The molecular formula is C16H26N4O2S. The van der Waals surface area contributed by atoms with E-state index in [0.29, 0.717) is 13.1 Å². The maximum atomic E-state index is 12.0. The normalized spacial score (nSPS) is 16.2. The van der Waals surface area contributed by atoms with E-state index in [-0.39, 0.29) is 21.8 Å². The van der Waals surface area contributed by atoms with Crippen molar-refractivity contribution in [2.45, 2.75) is 45.6 Å². The Morgan fingerprint density at radius 1 is 1.30 bits per heavy atom. The first kappa shape index (κ1) is 17.9. The minimum Gasteiger partial charge on any atom is -0.494 e. The fraction of sp³-hybridized carbons (Fsp3) is 0.688. The number of rotatable bonds is 7. The van der Waals surface area contributed by atoms with Crippen molar-refractivity contribution in [3.63, 3.8) is 0 Å². The van der Waals surface area contributed by atoms with Gasteiger partial charge in [0.15, 0.2) is 4.77 Å². The Morgan fingerprint density at radius 2 is 2.04 bits per heavy atom. The molecule has 2 N–H and O–H groups in total. The van der Waals surface area contributed by atoms with Gasteiger partial charge in [0.05, 0.1) is 6.54 Å². The second-order valence-electron chi connectivity index (χ2n) is 5.94. The van der Waals surface area contributed by atoms with Gasteiger partial charge in [0, 0.05) is 19.3 Å². The molecule has 2 heterocycles. The van der Waals surface area contributed by atoms with Gasteiger partial charge in [-0.2, -0.15) is 0 Å². The zero-order chi connectivity index (χ0) is 16.7. The lowest BCUT2D eigenvalue weighted by Gasteiger charge is -2.25. The molecule has 0 radical (unpaired) electrons. The Morgan fingerprint density at radius 3 is 2.74 bits per heavy atom. The molecule has 7 heteroatoms. The van der Waals surface area contributed by atoms with Gasteiger partial charge in [-0.05, 0) is 44.6 Å². The summed E-state index contributed by atoms with van der Waals surface area (Å²) >= 11 is 5.12. The van der Waals surface area contributed by atoms with E-state index in [0.717, 1.165) is 32.5 Å². The highest BCUT2D eigenvalue weighted by atomic mass is 32.1. The highest BCUT2D eigenvalue weighted by Crippen LogP contribution is 2.13. The van der Waals surface area contributed by atoms with Crippen LogP contribution in [0.2, 0.25) is 0 Å². The van der Waals surface area contributed by atoms with Gasteiger partial charge in [-0.25, -0.2) is 0 Å². The molecule has 128 valence electrons. The van der Waals surface area contributed by atoms with Crippen LogP contribution in [0.5, 0.6) is 5.88 Å². The number of nitrogens with zero attached hydrogens (tertiary/aromatic N) is 3. The molecule has 6 nitrogen and oxygen atoms in total. The first-order chi connectivity index (χ1) is 11.1. The van der Waals surface area contributed by atoms with E-state index >= 15 is 0 Å². The zero-order valence-corrected chi connectivity index (χ0v) is 14.6. The summed E-state index contributed by atoms with van der Waals surface area (Å²) in [6.07, 6.45) is 7.16. The lowest BCUT2D eigenvalue weighted by atomic mass is 10.1. The fourth-order valence-electron chi connectivity index (χ4n) is 2.75. The fourth-order valence-corrected chi connectivity index (χ4v) is 3.02. The molecule has 1 fully saturated rings. The molecule has 0 bridgehead atoms. The van der Waals surface area contributed by atoms with Gasteiger partial charge < -0.3 is 10.0 Å². The molecule has 1 aliphatic rings. The number of piperidine rings is 1. The van der Waals surface area contributed by atoms with Crippen molar-refractivity contribution in [3.8, 4) is 5.88 Å². The molecule has 1 aliphatic heterocycles. The quantitative estimate of drug-likeness (QED) is 0.591. The molecule has 1 aromatic rings. The third-order valence-corrected chi connectivity index (χ3v) is 4.48. The van der Waals surface area contributed by atoms with Crippen LogP contribution in [0, 0.1) is 4.77 Å². The summed E-state index contributed by atoms with van der Waals surface area (Å²) in [6, 6.07) is 0. The molecule has 1 saturated heterocycles. The maximum absolute atomic E-state index is 12.0.